The Morgan fingerprint density at radius 1 is 1.26 bits per heavy atom. The van der Waals surface area contributed by atoms with Gasteiger partial charge in [0.15, 0.2) is 5.96 Å². The van der Waals surface area contributed by atoms with Gasteiger partial charge in [-0.15, -0.1) is 24.0 Å². The third-order valence-corrected chi connectivity index (χ3v) is 6.09. The first kappa shape index (κ1) is 25.5. The number of carbonyl (C=O) groups excluding carboxylic acids is 2. The molecule has 0 bridgehead atoms. The smallest absolute Gasteiger partial charge is 0.325 e. The molecule has 0 spiro atoms. The van der Waals surface area contributed by atoms with E-state index in [4.69, 9.17) is 11.6 Å². The molecule has 3 amide bonds. The molecule has 8 nitrogen and oxygen atoms in total. The van der Waals surface area contributed by atoms with Gasteiger partial charge in [0.1, 0.15) is 5.54 Å². The van der Waals surface area contributed by atoms with Crippen molar-refractivity contribution in [1.29, 1.82) is 0 Å². The van der Waals surface area contributed by atoms with Gasteiger partial charge in [-0.1, -0.05) is 24.6 Å². The average molecular weight is 563 g/mol. The summed E-state index contributed by atoms with van der Waals surface area (Å²) in [7, 11) is 1.77. The standard InChI is InChI=1S/C21H31ClN6O2.HI/c1-4-21(2)18(29)28(20(30)25-21)10-6-9-24-19(23-3)27-13-11-26(12-14-27)17-8-5-7-16(22)15-17;/h5,7-8,15H,4,6,9-14H2,1-3H3,(H,23,24)(H,25,30);1H. The molecule has 1 aromatic rings. The number of aliphatic imine (C=N–C) groups is 1. The molecule has 1 aromatic carbocycles. The van der Waals surface area contributed by atoms with Gasteiger partial charge in [-0.3, -0.25) is 14.7 Å². The Hall–Kier alpha value is -1.75. The molecule has 1 atom stereocenters. The highest BCUT2D eigenvalue weighted by molar-refractivity contribution is 14.0. The lowest BCUT2D eigenvalue weighted by Crippen LogP contribution is -2.52. The van der Waals surface area contributed by atoms with Gasteiger partial charge in [0.2, 0.25) is 0 Å². The number of piperazine rings is 1. The SMILES string of the molecule is CCC1(C)NC(=O)N(CCCNC(=NC)N2CCN(c3cccc(Cl)c3)CC2)C1=O.I. The van der Waals surface area contributed by atoms with Crippen LogP contribution in [0.1, 0.15) is 26.7 Å². The summed E-state index contributed by atoms with van der Waals surface area (Å²) < 4.78 is 0. The molecular weight excluding hydrogens is 531 g/mol. The number of halogens is 2. The Morgan fingerprint density at radius 3 is 2.55 bits per heavy atom. The van der Waals surface area contributed by atoms with E-state index in [9.17, 15) is 9.59 Å². The summed E-state index contributed by atoms with van der Waals surface area (Å²) in [4.78, 5) is 34.8. The van der Waals surface area contributed by atoms with Crippen molar-refractivity contribution in [1.82, 2.24) is 20.4 Å². The number of nitrogens with one attached hydrogen (secondary N) is 2. The van der Waals surface area contributed by atoms with E-state index in [1.807, 2.05) is 25.1 Å². The van der Waals surface area contributed by atoms with Crippen LogP contribution in [-0.4, -0.2) is 79.6 Å². The molecule has 31 heavy (non-hydrogen) atoms. The van der Waals surface area contributed by atoms with Gasteiger partial charge in [0.05, 0.1) is 0 Å². The molecule has 3 rings (SSSR count). The maximum atomic E-state index is 12.4. The summed E-state index contributed by atoms with van der Waals surface area (Å²) >= 11 is 6.11. The van der Waals surface area contributed by atoms with E-state index in [2.05, 4.69) is 31.5 Å². The number of amides is 3. The molecule has 2 aliphatic rings. The van der Waals surface area contributed by atoms with Crippen molar-refractivity contribution in [3.63, 3.8) is 0 Å². The van der Waals surface area contributed by atoms with Crippen molar-refractivity contribution < 1.29 is 9.59 Å². The van der Waals surface area contributed by atoms with Crippen LogP contribution in [0.5, 0.6) is 0 Å². The lowest BCUT2D eigenvalue weighted by Gasteiger charge is -2.37. The predicted molar refractivity (Wildman–Crippen MR) is 136 cm³/mol. The lowest BCUT2D eigenvalue weighted by molar-refractivity contribution is -0.130. The Bertz CT molecular complexity index is 815. The third kappa shape index (κ3) is 5.94. The molecule has 2 saturated heterocycles. The van der Waals surface area contributed by atoms with E-state index in [1.54, 1.807) is 14.0 Å². The van der Waals surface area contributed by atoms with Crippen LogP contribution in [0.2, 0.25) is 5.02 Å². The molecule has 0 saturated carbocycles. The first-order chi connectivity index (χ1) is 14.4. The first-order valence-corrected chi connectivity index (χ1v) is 10.9. The van der Waals surface area contributed by atoms with Gasteiger partial charge in [-0.2, -0.15) is 0 Å². The van der Waals surface area contributed by atoms with Gasteiger partial charge >= 0.3 is 6.03 Å². The van der Waals surface area contributed by atoms with Crippen LogP contribution in [0.15, 0.2) is 29.3 Å². The highest BCUT2D eigenvalue weighted by atomic mass is 127. The van der Waals surface area contributed by atoms with Crippen molar-refractivity contribution in [2.24, 2.45) is 4.99 Å². The van der Waals surface area contributed by atoms with Gasteiger partial charge in [0.25, 0.3) is 5.91 Å². The number of carbonyl (C=O) groups is 2. The quantitative estimate of drug-likeness (QED) is 0.183. The topological polar surface area (TPSA) is 80.3 Å². The number of hydrogen-bond donors (Lipinski definition) is 2. The molecule has 2 fully saturated rings. The average Bonchev–Trinajstić information content (AvgIpc) is 2.97. The van der Waals surface area contributed by atoms with Crippen molar-refractivity contribution >= 4 is 59.2 Å². The zero-order valence-corrected chi connectivity index (χ0v) is 21.4. The number of nitrogens with zero attached hydrogens (tertiary/aromatic N) is 4. The highest BCUT2D eigenvalue weighted by Gasteiger charge is 2.45. The third-order valence-electron chi connectivity index (χ3n) is 5.86. The van der Waals surface area contributed by atoms with Crippen LogP contribution >= 0.6 is 35.6 Å². The number of guanidine groups is 1. The summed E-state index contributed by atoms with van der Waals surface area (Å²) in [5, 5.41) is 6.89. The van der Waals surface area contributed by atoms with E-state index in [1.165, 1.54) is 4.90 Å². The lowest BCUT2D eigenvalue weighted by atomic mass is 9.99. The van der Waals surface area contributed by atoms with Gasteiger partial charge in [-0.05, 0) is 38.0 Å². The van der Waals surface area contributed by atoms with Crippen LogP contribution in [0.3, 0.4) is 0 Å². The highest BCUT2D eigenvalue weighted by Crippen LogP contribution is 2.22. The molecule has 1 unspecified atom stereocenters. The van der Waals surface area contributed by atoms with E-state index in [0.29, 0.717) is 25.9 Å². The van der Waals surface area contributed by atoms with Crippen LogP contribution < -0.4 is 15.5 Å². The van der Waals surface area contributed by atoms with E-state index in [0.717, 1.165) is 42.8 Å². The fraction of sp³-hybridized carbons (Fsp3) is 0.571. The second kappa shape index (κ2) is 11.2. The monoisotopic (exact) mass is 562 g/mol. The molecule has 0 radical (unpaired) electrons. The van der Waals surface area contributed by atoms with Gasteiger partial charge in [-0.25, -0.2) is 4.79 Å². The minimum Gasteiger partial charge on any atom is -0.368 e. The summed E-state index contributed by atoms with van der Waals surface area (Å²) in [6.45, 7) is 8.20. The van der Waals surface area contributed by atoms with Crippen LogP contribution in [0.4, 0.5) is 10.5 Å². The van der Waals surface area contributed by atoms with Crippen molar-refractivity contribution in [2.45, 2.75) is 32.2 Å². The molecular formula is C21H32ClIN6O2. The van der Waals surface area contributed by atoms with E-state index >= 15 is 0 Å². The Labute approximate surface area is 206 Å². The minimum atomic E-state index is -0.775. The normalized spacial score (nSPS) is 21.8. The number of urea groups is 1. The number of rotatable bonds is 6. The molecule has 172 valence electrons. The van der Waals surface area contributed by atoms with Crippen molar-refractivity contribution in [3.8, 4) is 0 Å². The second-order valence-corrected chi connectivity index (χ2v) is 8.29. The minimum absolute atomic E-state index is 0. The number of benzene rings is 1. The number of hydrogen-bond acceptors (Lipinski definition) is 4. The van der Waals surface area contributed by atoms with Gasteiger partial charge < -0.3 is 20.4 Å². The van der Waals surface area contributed by atoms with Crippen LogP contribution in [0.25, 0.3) is 0 Å². The predicted octanol–water partition coefficient (Wildman–Crippen LogP) is 2.77. The zero-order chi connectivity index (χ0) is 21.7. The Morgan fingerprint density at radius 2 is 1.97 bits per heavy atom. The maximum Gasteiger partial charge on any atom is 0.325 e. The van der Waals surface area contributed by atoms with Crippen LogP contribution in [-0.2, 0) is 4.79 Å². The van der Waals surface area contributed by atoms with Crippen LogP contribution in [0, 0.1) is 0 Å². The Kier molecular flexibility index (Phi) is 9.23. The molecule has 10 heteroatoms. The van der Waals surface area contributed by atoms with E-state index < -0.39 is 5.54 Å². The largest absolute Gasteiger partial charge is 0.368 e. The molecule has 2 heterocycles. The Balaban J connectivity index is 0.00000341. The first-order valence-electron chi connectivity index (χ1n) is 10.5. The molecule has 2 N–H and O–H groups in total. The molecule has 0 aromatic heterocycles. The number of imide groups is 1. The summed E-state index contributed by atoms with van der Waals surface area (Å²) in [6.07, 6.45) is 1.25. The van der Waals surface area contributed by atoms with Crippen molar-refractivity contribution in [3.05, 3.63) is 29.3 Å². The summed E-state index contributed by atoms with van der Waals surface area (Å²) in [5.41, 5.74) is 0.362. The zero-order valence-electron chi connectivity index (χ0n) is 18.4. The molecule has 2 aliphatic heterocycles. The van der Waals surface area contributed by atoms with E-state index in [-0.39, 0.29) is 35.9 Å². The number of anilines is 1. The maximum absolute atomic E-state index is 12.4. The summed E-state index contributed by atoms with van der Waals surface area (Å²) in [5.74, 6) is 0.702. The fourth-order valence-corrected chi connectivity index (χ4v) is 3.99. The second-order valence-electron chi connectivity index (χ2n) is 7.85. The fourth-order valence-electron chi connectivity index (χ4n) is 3.81. The van der Waals surface area contributed by atoms with Gasteiger partial charge in [0, 0.05) is 57.0 Å². The molecule has 0 aliphatic carbocycles. The van der Waals surface area contributed by atoms with Crippen molar-refractivity contribution in [2.75, 3.05) is 51.2 Å². The summed E-state index contributed by atoms with van der Waals surface area (Å²) in [6, 6.07) is 7.62.